The van der Waals surface area contributed by atoms with Gasteiger partial charge in [0, 0.05) is 6.54 Å². The van der Waals surface area contributed by atoms with Crippen LogP contribution < -0.4 is 0 Å². The first kappa shape index (κ1) is 10.7. The molecule has 0 N–H and O–H groups in total. The molecule has 1 aromatic rings. The molecule has 2 rings (SSSR count). The lowest BCUT2D eigenvalue weighted by molar-refractivity contribution is 0.0978. The Morgan fingerprint density at radius 1 is 1.73 bits per heavy atom. The summed E-state index contributed by atoms with van der Waals surface area (Å²) in [6, 6.07) is 0. The number of Topliss-reactive ketones (excluding diaryl/α,β-unsaturated/α-hetero) is 1. The summed E-state index contributed by atoms with van der Waals surface area (Å²) in [5, 5.41) is 7.89. The molecule has 1 atom stereocenters. The Kier molecular flexibility index (Phi) is 3.41. The minimum absolute atomic E-state index is 0.138. The monoisotopic (exact) mass is 225 g/mol. The average Bonchev–Trinajstić information content (AvgIpc) is 2.87. The zero-order chi connectivity index (χ0) is 10.7. The van der Waals surface area contributed by atoms with E-state index < -0.39 is 0 Å². The van der Waals surface area contributed by atoms with Crippen molar-refractivity contribution in [2.24, 2.45) is 0 Å². The van der Waals surface area contributed by atoms with Crippen molar-refractivity contribution in [1.82, 2.24) is 15.0 Å². The summed E-state index contributed by atoms with van der Waals surface area (Å²) >= 11 is 1.76. The van der Waals surface area contributed by atoms with Crippen LogP contribution in [-0.4, -0.2) is 31.8 Å². The molecule has 1 aliphatic rings. The highest BCUT2D eigenvalue weighted by molar-refractivity contribution is 8.00. The molecule has 15 heavy (non-hydrogen) atoms. The van der Waals surface area contributed by atoms with Crippen LogP contribution in [0.15, 0.2) is 6.20 Å². The first-order valence-corrected chi connectivity index (χ1v) is 6.42. The number of ketones is 1. The predicted molar refractivity (Wildman–Crippen MR) is 60.1 cm³/mol. The van der Waals surface area contributed by atoms with Gasteiger partial charge in [-0.05, 0) is 25.0 Å². The number of aromatic nitrogens is 3. The van der Waals surface area contributed by atoms with E-state index in [1.165, 1.54) is 0 Å². The van der Waals surface area contributed by atoms with Crippen molar-refractivity contribution in [3.8, 4) is 0 Å². The number of carbonyl (C=O) groups excluding carboxylic acids is 1. The molecule has 0 spiro atoms. The van der Waals surface area contributed by atoms with E-state index in [4.69, 9.17) is 0 Å². The van der Waals surface area contributed by atoms with Gasteiger partial charge in [-0.15, -0.1) is 5.10 Å². The van der Waals surface area contributed by atoms with Gasteiger partial charge in [0.2, 0.25) is 0 Å². The summed E-state index contributed by atoms with van der Waals surface area (Å²) < 4.78 is 1.72. The Hall–Kier alpha value is -0.840. The number of hydrogen-bond donors (Lipinski definition) is 0. The van der Waals surface area contributed by atoms with E-state index in [0.29, 0.717) is 5.69 Å². The van der Waals surface area contributed by atoms with Crippen molar-refractivity contribution in [2.75, 3.05) is 5.75 Å². The fourth-order valence-electron chi connectivity index (χ4n) is 1.77. The summed E-state index contributed by atoms with van der Waals surface area (Å²) in [6.07, 6.45) is 4.72. The molecule has 0 bridgehead atoms. The van der Waals surface area contributed by atoms with Gasteiger partial charge in [0.1, 0.15) is 5.69 Å². The first-order valence-electron chi connectivity index (χ1n) is 5.37. The number of carbonyl (C=O) groups is 1. The Balaban J connectivity index is 2.13. The molecule has 1 aliphatic heterocycles. The van der Waals surface area contributed by atoms with E-state index in [1.807, 2.05) is 0 Å². The van der Waals surface area contributed by atoms with E-state index in [-0.39, 0.29) is 11.0 Å². The predicted octanol–water partition coefficient (Wildman–Crippen LogP) is 1.77. The van der Waals surface area contributed by atoms with Crippen molar-refractivity contribution in [3.63, 3.8) is 0 Å². The van der Waals surface area contributed by atoms with Gasteiger partial charge in [-0.3, -0.25) is 4.79 Å². The lowest BCUT2D eigenvalue weighted by Crippen LogP contribution is -2.19. The molecule has 0 radical (unpaired) electrons. The molecule has 1 saturated heterocycles. The quantitative estimate of drug-likeness (QED) is 0.733. The maximum atomic E-state index is 12.1. The minimum atomic E-state index is 0.138. The summed E-state index contributed by atoms with van der Waals surface area (Å²) in [7, 11) is 0. The van der Waals surface area contributed by atoms with Crippen LogP contribution in [0, 0.1) is 0 Å². The van der Waals surface area contributed by atoms with Crippen LogP contribution in [0.2, 0.25) is 0 Å². The van der Waals surface area contributed by atoms with Crippen LogP contribution in [-0.2, 0) is 6.54 Å². The van der Waals surface area contributed by atoms with Gasteiger partial charge in [-0.1, -0.05) is 12.1 Å². The van der Waals surface area contributed by atoms with Gasteiger partial charge >= 0.3 is 0 Å². The highest BCUT2D eigenvalue weighted by Gasteiger charge is 2.27. The van der Waals surface area contributed by atoms with E-state index in [9.17, 15) is 4.79 Å². The molecule has 0 aromatic carbocycles. The molecule has 1 unspecified atom stereocenters. The van der Waals surface area contributed by atoms with Crippen LogP contribution in [0.1, 0.15) is 36.7 Å². The molecule has 2 heterocycles. The molecule has 4 nitrogen and oxygen atoms in total. The largest absolute Gasteiger partial charge is 0.291 e. The number of hydrogen-bond acceptors (Lipinski definition) is 4. The van der Waals surface area contributed by atoms with Gasteiger partial charge in [0.25, 0.3) is 0 Å². The normalized spacial score (nSPS) is 20.7. The number of rotatable bonds is 4. The SMILES string of the molecule is CCCn1nncc1C(=O)C1CCCS1. The zero-order valence-corrected chi connectivity index (χ0v) is 9.66. The highest BCUT2D eigenvalue weighted by Crippen LogP contribution is 2.28. The van der Waals surface area contributed by atoms with Crippen molar-refractivity contribution >= 4 is 17.5 Å². The minimum Gasteiger partial charge on any atom is -0.291 e. The number of nitrogens with zero attached hydrogens (tertiary/aromatic N) is 3. The standard InChI is InChI=1S/C10H15N3OS/c1-2-5-13-8(7-11-12-13)10(14)9-4-3-6-15-9/h7,9H,2-6H2,1H3. The fraction of sp³-hybridized carbons (Fsp3) is 0.700. The number of thioether (sulfide) groups is 1. The van der Waals surface area contributed by atoms with E-state index in [2.05, 4.69) is 17.2 Å². The van der Waals surface area contributed by atoms with Gasteiger partial charge in [-0.25, -0.2) is 4.68 Å². The second-order valence-electron chi connectivity index (χ2n) is 3.71. The zero-order valence-electron chi connectivity index (χ0n) is 8.85. The van der Waals surface area contributed by atoms with Crippen LogP contribution in [0.25, 0.3) is 0 Å². The van der Waals surface area contributed by atoms with Gasteiger partial charge in [0.15, 0.2) is 5.78 Å². The Morgan fingerprint density at radius 2 is 2.60 bits per heavy atom. The molecule has 1 fully saturated rings. The third-order valence-electron chi connectivity index (χ3n) is 2.53. The highest BCUT2D eigenvalue weighted by atomic mass is 32.2. The third kappa shape index (κ3) is 2.22. The number of aryl methyl sites for hydroxylation is 1. The molecule has 1 aromatic heterocycles. The van der Waals surface area contributed by atoms with Gasteiger partial charge < -0.3 is 0 Å². The summed E-state index contributed by atoms with van der Waals surface area (Å²) in [6.45, 7) is 2.85. The molecule has 0 aliphatic carbocycles. The Morgan fingerprint density at radius 3 is 3.27 bits per heavy atom. The Bertz CT molecular complexity index is 344. The van der Waals surface area contributed by atoms with Crippen molar-refractivity contribution in [1.29, 1.82) is 0 Å². The van der Waals surface area contributed by atoms with Crippen LogP contribution in [0.5, 0.6) is 0 Å². The first-order chi connectivity index (χ1) is 7.33. The van der Waals surface area contributed by atoms with Crippen LogP contribution in [0.4, 0.5) is 0 Å². The van der Waals surface area contributed by atoms with Crippen LogP contribution >= 0.6 is 11.8 Å². The summed E-state index contributed by atoms with van der Waals surface area (Å²) in [4.78, 5) is 12.1. The van der Waals surface area contributed by atoms with Gasteiger partial charge in [0.05, 0.1) is 11.4 Å². The second kappa shape index (κ2) is 4.79. The lowest BCUT2D eigenvalue weighted by atomic mass is 10.1. The second-order valence-corrected chi connectivity index (χ2v) is 5.02. The van der Waals surface area contributed by atoms with Gasteiger partial charge in [-0.2, -0.15) is 11.8 Å². The van der Waals surface area contributed by atoms with E-state index >= 15 is 0 Å². The maximum absolute atomic E-state index is 12.1. The van der Waals surface area contributed by atoms with E-state index in [1.54, 1.807) is 22.6 Å². The molecule has 0 saturated carbocycles. The molecule has 0 amide bonds. The fourth-order valence-corrected chi connectivity index (χ4v) is 3.00. The Labute approximate surface area is 93.4 Å². The van der Waals surface area contributed by atoms with Crippen molar-refractivity contribution in [2.45, 2.75) is 38.0 Å². The average molecular weight is 225 g/mol. The summed E-state index contributed by atoms with van der Waals surface area (Å²) in [5.41, 5.74) is 0.677. The molecule has 5 heteroatoms. The smallest absolute Gasteiger partial charge is 0.195 e. The molecule has 82 valence electrons. The lowest BCUT2D eigenvalue weighted by Gasteiger charge is -2.08. The van der Waals surface area contributed by atoms with E-state index in [0.717, 1.165) is 31.6 Å². The molecular formula is C10H15N3OS. The third-order valence-corrected chi connectivity index (χ3v) is 3.90. The van der Waals surface area contributed by atoms with Crippen LogP contribution in [0.3, 0.4) is 0 Å². The summed E-state index contributed by atoms with van der Waals surface area (Å²) in [5.74, 6) is 1.31. The maximum Gasteiger partial charge on any atom is 0.195 e. The van der Waals surface area contributed by atoms with Crippen molar-refractivity contribution < 1.29 is 4.79 Å². The topological polar surface area (TPSA) is 47.8 Å². The molecular weight excluding hydrogens is 210 g/mol. The van der Waals surface area contributed by atoms with Crippen molar-refractivity contribution in [3.05, 3.63) is 11.9 Å².